The number of carbonyl (C=O) groups is 1. The largest absolute Gasteiger partial charge is 0.383 e. The first-order valence-corrected chi connectivity index (χ1v) is 5.97. The van der Waals surface area contributed by atoms with Crippen molar-refractivity contribution < 1.29 is 4.79 Å². The number of nitrogens with zero attached hydrogens (tertiary/aromatic N) is 2. The van der Waals surface area contributed by atoms with Crippen LogP contribution in [0.5, 0.6) is 0 Å². The molecule has 0 saturated carbocycles. The summed E-state index contributed by atoms with van der Waals surface area (Å²) >= 11 is 3.37. The van der Waals surface area contributed by atoms with Crippen molar-refractivity contribution in [2.45, 2.75) is 0 Å². The first-order chi connectivity index (χ1) is 8.59. The molecule has 1 amide bonds. The molecule has 0 fully saturated rings. The molecule has 1 aromatic heterocycles. The van der Waals surface area contributed by atoms with E-state index >= 15 is 0 Å². The van der Waals surface area contributed by atoms with Crippen molar-refractivity contribution in [3.8, 4) is 0 Å². The number of aromatic nitrogens is 2. The number of benzene rings is 1. The van der Waals surface area contributed by atoms with E-state index in [9.17, 15) is 4.79 Å². The Hall–Kier alpha value is -2.02. The normalized spacial score (nSPS) is 10.1. The lowest BCUT2D eigenvalue weighted by atomic mass is 10.3. The van der Waals surface area contributed by atoms with E-state index < -0.39 is 0 Å². The fraction of sp³-hybridized carbons (Fsp3) is 0.0909. The monoisotopic (exact) mass is 309 g/mol. The second kappa shape index (κ2) is 5.09. The Labute approximate surface area is 112 Å². The van der Waals surface area contributed by atoms with Crippen LogP contribution >= 0.6 is 15.9 Å². The average Bonchev–Trinajstić information content (AvgIpc) is 2.69. The molecule has 0 aliphatic heterocycles. The molecule has 2 aromatic rings. The third kappa shape index (κ3) is 2.45. The van der Waals surface area contributed by atoms with Gasteiger partial charge in [-0.2, -0.15) is 5.10 Å². The summed E-state index contributed by atoms with van der Waals surface area (Å²) in [7, 11) is 1.67. The summed E-state index contributed by atoms with van der Waals surface area (Å²) in [5.74, 6) is -0.0159. The highest BCUT2D eigenvalue weighted by molar-refractivity contribution is 9.10. The van der Waals surface area contributed by atoms with Crippen LogP contribution < -0.4 is 16.6 Å². The van der Waals surface area contributed by atoms with Gasteiger partial charge in [-0.15, -0.1) is 0 Å². The lowest BCUT2D eigenvalue weighted by molar-refractivity contribution is 0.0963. The number of hydrazine groups is 1. The van der Waals surface area contributed by atoms with E-state index in [1.807, 2.05) is 24.3 Å². The molecule has 7 heteroatoms. The summed E-state index contributed by atoms with van der Waals surface area (Å²) in [6.45, 7) is 0. The van der Waals surface area contributed by atoms with Crippen molar-refractivity contribution in [3.05, 3.63) is 40.5 Å². The zero-order valence-corrected chi connectivity index (χ0v) is 11.2. The van der Waals surface area contributed by atoms with Gasteiger partial charge in [0.25, 0.3) is 5.91 Å². The molecule has 0 aliphatic carbocycles. The molecule has 0 bridgehead atoms. The minimum Gasteiger partial charge on any atom is -0.383 e. The topological polar surface area (TPSA) is 85.0 Å². The Bertz CT molecular complexity index is 581. The summed E-state index contributed by atoms with van der Waals surface area (Å²) in [5, 5.41) is 3.90. The molecule has 0 unspecified atom stereocenters. The van der Waals surface area contributed by atoms with Crippen molar-refractivity contribution in [2.24, 2.45) is 7.05 Å². The van der Waals surface area contributed by atoms with Crippen molar-refractivity contribution in [1.29, 1.82) is 0 Å². The summed E-state index contributed by atoms with van der Waals surface area (Å²) in [5.41, 5.74) is 12.2. The van der Waals surface area contributed by atoms with Crippen LogP contribution in [0.1, 0.15) is 10.4 Å². The summed E-state index contributed by atoms with van der Waals surface area (Å²) in [6.07, 6.45) is 1.42. The molecular formula is C11H12BrN5O. The van der Waals surface area contributed by atoms with E-state index in [0.717, 1.165) is 10.2 Å². The predicted molar refractivity (Wildman–Crippen MR) is 72.9 cm³/mol. The zero-order valence-electron chi connectivity index (χ0n) is 9.64. The number of hydrogen-bond donors (Lipinski definition) is 3. The van der Waals surface area contributed by atoms with Crippen LogP contribution in [0.2, 0.25) is 0 Å². The lowest BCUT2D eigenvalue weighted by Crippen LogP contribution is -2.29. The predicted octanol–water partition coefficient (Wildman–Crippen LogP) is 1.52. The first-order valence-electron chi connectivity index (χ1n) is 5.18. The number of aryl methyl sites for hydroxylation is 1. The Balaban J connectivity index is 2.05. The van der Waals surface area contributed by atoms with Crippen LogP contribution in [-0.2, 0) is 7.05 Å². The van der Waals surface area contributed by atoms with Crippen molar-refractivity contribution in [3.63, 3.8) is 0 Å². The molecule has 0 radical (unpaired) electrons. The SMILES string of the molecule is Cn1ncc(C(=O)NNc2ccccc2Br)c1N. The zero-order chi connectivity index (χ0) is 13.1. The van der Waals surface area contributed by atoms with Gasteiger partial charge in [0.1, 0.15) is 11.4 Å². The van der Waals surface area contributed by atoms with E-state index in [4.69, 9.17) is 5.73 Å². The van der Waals surface area contributed by atoms with Gasteiger partial charge in [0.2, 0.25) is 0 Å². The highest BCUT2D eigenvalue weighted by atomic mass is 79.9. The number of hydrogen-bond acceptors (Lipinski definition) is 4. The minimum absolute atomic E-state index is 0.321. The van der Waals surface area contributed by atoms with Gasteiger partial charge >= 0.3 is 0 Å². The molecule has 0 atom stereocenters. The molecule has 0 spiro atoms. The third-order valence-corrected chi connectivity index (χ3v) is 3.11. The molecule has 2 rings (SSSR count). The van der Waals surface area contributed by atoms with Crippen LogP contribution in [-0.4, -0.2) is 15.7 Å². The molecule has 0 saturated heterocycles. The number of carbonyl (C=O) groups excluding carboxylic acids is 1. The summed E-state index contributed by atoms with van der Waals surface area (Å²) < 4.78 is 2.29. The van der Waals surface area contributed by atoms with Crippen LogP contribution in [0.25, 0.3) is 0 Å². The van der Waals surface area contributed by atoms with Crippen LogP contribution in [0.3, 0.4) is 0 Å². The highest BCUT2D eigenvalue weighted by Gasteiger charge is 2.13. The Morgan fingerprint density at radius 3 is 2.78 bits per heavy atom. The van der Waals surface area contributed by atoms with Crippen molar-refractivity contribution >= 4 is 33.3 Å². The number of amides is 1. The van der Waals surface area contributed by atoms with Gasteiger partial charge < -0.3 is 5.73 Å². The number of nitrogens with one attached hydrogen (secondary N) is 2. The maximum Gasteiger partial charge on any atom is 0.274 e. The van der Waals surface area contributed by atoms with Gasteiger partial charge in [0, 0.05) is 11.5 Å². The van der Waals surface area contributed by atoms with Gasteiger partial charge in [-0.05, 0) is 28.1 Å². The maximum absolute atomic E-state index is 11.8. The standard InChI is InChI=1S/C11H12BrN5O/c1-17-10(13)7(6-14-17)11(18)16-15-9-5-3-2-4-8(9)12/h2-6,15H,13H2,1H3,(H,16,18). The Morgan fingerprint density at radius 2 is 2.17 bits per heavy atom. The number of para-hydroxylation sites is 1. The van der Waals surface area contributed by atoms with E-state index in [2.05, 4.69) is 31.9 Å². The van der Waals surface area contributed by atoms with Gasteiger partial charge in [-0.3, -0.25) is 20.3 Å². The molecular weight excluding hydrogens is 298 g/mol. The van der Waals surface area contributed by atoms with Crippen molar-refractivity contribution in [1.82, 2.24) is 15.2 Å². The fourth-order valence-electron chi connectivity index (χ4n) is 1.38. The second-order valence-corrected chi connectivity index (χ2v) is 4.48. The number of anilines is 2. The Kier molecular flexibility index (Phi) is 3.52. The first kappa shape index (κ1) is 12.4. The quantitative estimate of drug-likeness (QED) is 0.751. The fourth-order valence-corrected chi connectivity index (χ4v) is 1.76. The number of nitrogen functional groups attached to an aromatic ring is 1. The van der Waals surface area contributed by atoms with Gasteiger partial charge in [0.15, 0.2) is 0 Å². The molecule has 18 heavy (non-hydrogen) atoms. The second-order valence-electron chi connectivity index (χ2n) is 3.63. The van der Waals surface area contributed by atoms with Gasteiger partial charge in [0.05, 0.1) is 11.9 Å². The van der Waals surface area contributed by atoms with E-state index in [1.54, 1.807) is 7.05 Å². The summed E-state index contributed by atoms with van der Waals surface area (Å²) in [6, 6.07) is 7.44. The molecule has 94 valence electrons. The minimum atomic E-state index is -0.337. The summed E-state index contributed by atoms with van der Waals surface area (Å²) in [4.78, 5) is 11.8. The molecule has 1 aromatic carbocycles. The van der Waals surface area contributed by atoms with E-state index in [-0.39, 0.29) is 5.91 Å². The number of halogens is 1. The van der Waals surface area contributed by atoms with Gasteiger partial charge in [-0.25, -0.2) is 0 Å². The maximum atomic E-state index is 11.8. The molecule has 6 nitrogen and oxygen atoms in total. The number of rotatable bonds is 3. The lowest BCUT2D eigenvalue weighted by Gasteiger charge is -2.09. The van der Waals surface area contributed by atoms with Crippen molar-refractivity contribution in [2.75, 3.05) is 11.2 Å². The third-order valence-electron chi connectivity index (χ3n) is 2.41. The molecule has 4 N–H and O–H groups in total. The Morgan fingerprint density at radius 1 is 1.44 bits per heavy atom. The van der Waals surface area contributed by atoms with E-state index in [0.29, 0.717) is 11.4 Å². The average molecular weight is 310 g/mol. The molecule has 0 aliphatic rings. The number of nitrogens with two attached hydrogens (primary N) is 1. The van der Waals surface area contributed by atoms with Crippen LogP contribution in [0.15, 0.2) is 34.9 Å². The highest BCUT2D eigenvalue weighted by Crippen LogP contribution is 2.20. The van der Waals surface area contributed by atoms with Gasteiger partial charge in [-0.1, -0.05) is 12.1 Å². The molecule has 1 heterocycles. The van der Waals surface area contributed by atoms with Crippen LogP contribution in [0.4, 0.5) is 11.5 Å². The van der Waals surface area contributed by atoms with E-state index in [1.165, 1.54) is 10.9 Å². The van der Waals surface area contributed by atoms with Crippen LogP contribution in [0, 0.1) is 0 Å². The smallest absolute Gasteiger partial charge is 0.274 e.